The summed E-state index contributed by atoms with van der Waals surface area (Å²) in [7, 11) is 3.08. The fraction of sp³-hybridized carbons (Fsp3) is 0.292. The first-order chi connectivity index (χ1) is 16.0. The molecule has 0 radical (unpaired) electrons. The summed E-state index contributed by atoms with van der Waals surface area (Å²) in [5.41, 5.74) is 2.06. The van der Waals surface area contributed by atoms with Crippen LogP contribution in [0, 0.1) is 6.92 Å². The van der Waals surface area contributed by atoms with Crippen LogP contribution in [0.25, 0.3) is 0 Å². The van der Waals surface area contributed by atoms with E-state index in [1.807, 2.05) is 12.1 Å². The van der Waals surface area contributed by atoms with Crippen molar-refractivity contribution in [2.24, 2.45) is 0 Å². The first kappa shape index (κ1) is 22.2. The Balaban J connectivity index is 1.43. The summed E-state index contributed by atoms with van der Waals surface area (Å²) in [5.74, 6) is 1.28. The minimum absolute atomic E-state index is 0.00480. The molecule has 1 fully saturated rings. The van der Waals surface area contributed by atoms with Gasteiger partial charge in [0.2, 0.25) is 5.88 Å². The highest BCUT2D eigenvalue weighted by Crippen LogP contribution is 2.27. The topological polar surface area (TPSA) is 107 Å². The molecule has 0 aliphatic carbocycles. The van der Waals surface area contributed by atoms with E-state index < -0.39 is 0 Å². The summed E-state index contributed by atoms with van der Waals surface area (Å²) in [5, 5.41) is 2.84. The molecule has 0 bridgehead atoms. The number of amides is 2. The molecular weight excluding hydrogens is 422 g/mol. The van der Waals surface area contributed by atoms with Gasteiger partial charge in [-0.25, -0.2) is 15.0 Å². The van der Waals surface area contributed by atoms with Gasteiger partial charge in [-0.15, -0.1) is 0 Å². The molecule has 2 aromatic heterocycles. The fourth-order valence-corrected chi connectivity index (χ4v) is 3.81. The quantitative estimate of drug-likeness (QED) is 0.619. The maximum absolute atomic E-state index is 12.8. The number of rotatable bonds is 6. The van der Waals surface area contributed by atoms with Crippen molar-refractivity contribution in [2.75, 3.05) is 32.6 Å². The molecule has 33 heavy (non-hydrogen) atoms. The molecule has 2 amide bonds. The van der Waals surface area contributed by atoms with E-state index in [4.69, 9.17) is 9.47 Å². The Morgan fingerprint density at radius 3 is 2.58 bits per heavy atom. The third-order valence-electron chi connectivity index (χ3n) is 5.63. The summed E-state index contributed by atoms with van der Waals surface area (Å²) >= 11 is 0. The lowest BCUT2D eigenvalue weighted by Gasteiger charge is -2.16. The van der Waals surface area contributed by atoms with Crippen molar-refractivity contribution in [3.05, 3.63) is 71.4 Å². The number of hydrogen-bond acceptors (Lipinski definition) is 7. The van der Waals surface area contributed by atoms with Crippen molar-refractivity contribution < 1.29 is 19.1 Å². The van der Waals surface area contributed by atoms with Crippen molar-refractivity contribution in [3.8, 4) is 11.6 Å². The molecule has 1 aromatic carbocycles. The minimum atomic E-state index is -0.307. The lowest BCUT2D eigenvalue weighted by atomic mass is 10.1. The average Bonchev–Trinajstić information content (AvgIpc) is 3.34. The van der Waals surface area contributed by atoms with Crippen LogP contribution in [0.5, 0.6) is 11.6 Å². The predicted molar refractivity (Wildman–Crippen MR) is 122 cm³/mol. The third kappa shape index (κ3) is 4.77. The summed E-state index contributed by atoms with van der Waals surface area (Å²) in [6.45, 7) is 2.90. The van der Waals surface area contributed by atoms with Crippen molar-refractivity contribution in [3.63, 3.8) is 0 Å². The number of para-hydroxylation sites is 2. The molecule has 1 atom stereocenters. The minimum Gasteiger partial charge on any atom is -0.495 e. The summed E-state index contributed by atoms with van der Waals surface area (Å²) in [6.07, 6.45) is 3.81. The van der Waals surface area contributed by atoms with Crippen molar-refractivity contribution in [1.29, 1.82) is 0 Å². The number of nitrogens with zero attached hydrogens (tertiary/aromatic N) is 4. The number of anilines is 1. The molecule has 1 unspecified atom stereocenters. The van der Waals surface area contributed by atoms with Crippen LogP contribution in [0.2, 0.25) is 0 Å². The monoisotopic (exact) mass is 447 g/mol. The van der Waals surface area contributed by atoms with Gasteiger partial charge in [0.25, 0.3) is 11.8 Å². The van der Waals surface area contributed by atoms with Gasteiger partial charge < -0.3 is 19.7 Å². The molecule has 1 N–H and O–H groups in total. The molecule has 9 heteroatoms. The molecular formula is C24H25N5O4. The molecule has 0 saturated carbocycles. The van der Waals surface area contributed by atoms with Gasteiger partial charge in [0.05, 0.1) is 36.7 Å². The molecule has 1 aliphatic heterocycles. The van der Waals surface area contributed by atoms with Crippen LogP contribution < -0.4 is 14.8 Å². The molecule has 170 valence electrons. The van der Waals surface area contributed by atoms with Crippen LogP contribution in [0.4, 0.5) is 5.69 Å². The predicted octanol–water partition coefficient (Wildman–Crippen LogP) is 3.08. The van der Waals surface area contributed by atoms with Gasteiger partial charge in [-0.1, -0.05) is 12.1 Å². The smallest absolute Gasteiger partial charge is 0.259 e. The Kier molecular flexibility index (Phi) is 6.48. The Hall–Kier alpha value is -4.01. The second-order valence-corrected chi connectivity index (χ2v) is 7.71. The number of likely N-dealkylation sites (tertiary alicyclic amines) is 1. The number of hydrogen-bond donors (Lipinski definition) is 1. The Bertz CT molecular complexity index is 1170. The highest BCUT2D eigenvalue weighted by Gasteiger charge is 2.30. The Morgan fingerprint density at radius 1 is 1.06 bits per heavy atom. The molecule has 3 heterocycles. The molecule has 3 aromatic rings. The number of aryl methyl sites for hydroxylation is 1. The third-order valence-corrected chi connectivity index (χ3v) is 5.63. The SMILES string of the molecule is COc1ccc(C(=O)N2CCC(c3ncc(C(=O)Nc4ccccc4OC)c(C)n3)C2)cn1. The van der Waals surface area contributed by atoms with Gasteiger partial charge in [0, 0.05) is 37.5 Å². The second kappa shape index (κ2) is 9.64. The van der Waals surface area contributed by atoms with Crippen LogP contribution in [0.1, 0.15) is 44.6 Å². The number of benzene rings is 1. The normalized spacial score (nSPS) is 15.2. The summed E-state index contributed by atoms with van der Waals surface area (Å²) < 4.78 is 10.3. The van der Waals surface area contributed by atoms with E-state index in [-0.39, 0.29) is 17.7 Å². The fourth-order valence-electron chi connectivity index (χ4n) is 3.81. The first-order valence-corrected chi connectivity index (χ1v) is 10.6. The average molecular weight is 447 g/mol. The summed E-state index contributed by atoms with van der Waals surface area (Å²) in [4.78, 5) is 40.5. The number of aromatic nitrogens is 3. The molecule has 1 aliphatic rings. The lowest BCUT2D eigenvalue weighted by molar-refractivity contribution is 0.0790. The second-order valence-electron chi connectivity index (χ2n) is 7.71. The summed E-state index contributed by atoms with van der Waals surface area (Å²) in [6, 6.07) is 10.6. The van der Waals surface area contributed by atoms with Gasteiger partial charge >= 0.3 is 0 Å². The van der Waals surface area contributed by atoms with Gasteiger partial charge in [0.15, 0.2) is 0 Å². The van der Waals surface area contributed by atoms with Crippen LogP contribution in [-0.2, 0) is 0 Å². The number of carbonyl (C=O) groups excluding carboxylic acids is 2. The maximum Gasteiger partial charge on any atom is 0.259 e. The van der Waals surface area contributed by atoms with Gasteiger partial charge in [-0.3, -0.25) is 9.59 Å². The lowest BCUT2D eigenvalue weighted by Crippen LogP contribution is -2.28. The van der Waals surface area contributed by atoms with Crippen LogP contribution in [0.3, 0.4) is 0 Å². The zero-order valence-corrected chi connectivity index (χ0v) is 18.7. The Morgan fingerprint density at radius 2 is 1.88 bits per heavy atom. The van der Waals surface area contributed by atoms with E-state index in [0.29, 0.717) is 53.1 Å². The van der Waals surface area contributed by atoms with Gasteiger partial charge in [-0.05, 0) is 31.5 Å². The zero-order chi connectivity index (χ0) is 23.4. The maximum atomic E-state index is 12.8. The number of nitrogens with one attached hydrogen (secondary N) is 1. The number of carbonyl (C=O) groups is 2. The van der Waals surface area contributed by atoms with Crippen LogP contribution in [0.15, 0.2) is 48.8 Å². The standard InChI is InChI=1S/C24H25N5O4/c1-15-18(23(30)28-19-6-4-5-7-20(19)32-2)13-26-22(27-15)17-10-11-29(14-17)24(31)16-8-9-21(33-3)25-12-16/h4-9,12-13,17H,10-11,14H2,1-3H3,(H,28,30). The van der Waals surface area contributed by atoms with Gasteiger partial charge in [-0.2, -0.15) is 0 Å². The molecule has 0 spiro atoms. The van der Waals surface area contributed by atoms with E-state index in [1.54, 1.807) is 49.4 Å². The zero-order valence-electron chi connectivity index (χ0n) is 18.7. The Labute approximate surface area is 191 Å². The van der Waals surface area contributed by atoms with Crippen LogP contribution in [-0.4, -0.2) is 59.0 Å². The molecule has 1 saturated heterocycles. The van der Waals surface area contributed by atoms with E-state index in [2.05, 4.69) is 20.3 Å². The largest absolute Gasteiger partial charge is 0.495 e. The molecule has 4 rings (SSSR count). The van der Waals surface area contributed by atoms with Crippen LogP contribution >= 0.6 is 0 Å². The van der Waals surface area contributed by atoms with Gasteiger partial charge in [0.1, 0.15) is 11.6 Å². The number of pyridine rings is 1. The van der Waals surface area contributed by atoms with Crippen molar-refractivity contribution in [1.82, 2.24) is 19.9 Å². The van der Waals surface area contributed by atoms with E-state index >= 15 is 0 Å². The van der Waals surface area contributed by atoms with E-state index in [9.17, 15) is 9.59 Å². The van der Waals surface area contributed by atoms with Crippen molar-refractivity contribution >= 4 is 17.5 Å². The highest BCUT2D eigenvalue weighted by molar-refractivity contribution is 6.05. The number of ether oxygens (including phenoxy) is 2. The van der Waals surface area contributed by atoms with E-state index in [1.165, 1.54) is 13.3 Å². The van der Waals surface area contributed by atoms with E-state index in [0.717, 1.165) is 6.42 Å². The highest BCUT2D eigenvalue weighted by atomic mass is 16.5. The molecule has 9 nitrogen and oxygen atoms in total. The van der Waals surface area contributed by atoms with Crippen molar-refractivity contribution in [2.45, 2.75) is 19.3 Å². The first-order valence-electron chi connectivity index (χ1n) is 10.6. The number of methoxy groups -OCH3 is 2.